The van der Waals surface area contributed by atoms with Crippen molar-refractivity contribution in [3.05, 3.63) is 46.5 Å². The van der Waals surface area contributed by atoms with Crippen LogP contribution < -0.4 is 11.5 Å². The first kappa shape index (κ1) is 11.7. The summed E-state index contributed by atoms with van der Waals surface area (Å²) in [5.74, 6) is -1.21. The molecule has 2 bridgehead atoms. The molecule has 0 saturated carbocycles. The van der Waals surface area contributed by atoms with Crippen molar-refractivity contribution in [3.8, 4) is 0 Å². The molecule has 2 amide bonds. The molecule has 4 aromatic carbocycles. The van der Waals surface area contributed by atoms with Crippen LogP contribution in [0.4, 0.5) is 0 Å². The second kappa shape index (κ2) is 3.83. The Balaban J connectivity index is 2.65. The normalized spacial score (nSPS) is 11.2. The maximum Gasteiger partial charge on any atom is 0.250 e. The average Bonchev–Trinajstić information content (AvgIpc) is 2.38. The van der Waals surface area contributed by atoms with Crippen LogP contribution in [0.25, 0.3) is 21.5 Å². The quantitative estimate of drug-likeness (QED) is 0.750. The number of hydrogen-bond donors (Lipinski definition) is 2. The first-order chi connectivity index (χ1) is 9.00. The number of carbonyl (C=O) groups excluding carboxylic acids is 2. The predicted molar refractivity (Wildman–Crippen MR) is 74.7 cm³/mol. The Labute approximate surface area is 113 Å². The highest BCUT2D eigenvalue weighted by Crippen LogP contribution is 2.36. The summed E-state index contributed by atoms with van der Waals surface area (Å²) in [4.78, 5) is 23.2. The minimum Gasteiger partial charge on any atom is -0.366 e. The summed E-state index contributed by atoms with van der Waals surface area (Å²) < 4.78 is 0. The minimum atomic E-state index is -0.625. The first-order valence-electron chi connectivity index (χ1n) is 5.57. The van der Waals surface area contributed by atoms with Gasteiger partial charge in [0.15, 0.2) is 0 Å². The highest BCUT2D eigenvalue weighted by atomic mass is 35.5. The molecule has 0 spiro atoms. The van der Waals surface area contributed by atoms with Crippen molar-refractivity contribution in [2.45, 2.75) is 0 Å². The zero-order valence-electron chi connectivity index (χ0n) is 9.74. The molecular weight excluding hydrogens is 264 g/mol. The molecule has 0 aliphatic heterocycles. The lowest BCUT2D eigenvalue weighted by Crippen LogP contribution is -2.16. The molecule has 0 unspecified atom stereocenters. The lowest BCUT2D eigenvalue weighted by molar-refractivity contribution is 0.0990. The van der Waals surface area contributed by atoms with E-state index in [-0.39, 0.29) is 10.6 Å². The maximum atomic E-state index is 11.6. The molecule has 0 radical (unpaired) electrons. The summed E-state index contributed by atoms with van der Waals surface area (Å²) in [6.07, 6.45) is 0. The fraction of sp³-hybridized carbons (Fsp3) is 0. The summed E-state index contributed by atoms with van der Waals surface area (Å²) in [6, 6.07) is 8.83. The highest BCUT2D eigenvalue weighted by molar-refractivity contribution is 6.38. The lowest BCUT2D eigenvalue weighted by Gasteiger charge is -2.14. The maximum absolute atomic E-state index is 11.6. The van der Waals surface area contributed by atoms with Crippen molar-refractivity contribution in [3.63, 3.8) is 0 Å². The topological polar surface area (TPSA) is 86.2 Å². The van der Waals surface area contributed by atoms with Gasteiger partial charge in [0.25, 0.3) is 5.91 Å². The van der Waals surface area contributed by atoms with E-state index in [0.29, 0.717) is 16.3 Å². The standard InChI is InChI=1S/C14H9ClN2O2/c15-9-5-8(13(16)18)10-6-1-3-7(4-2-6)11(10)12(9)14(17)19/h1-5H,(H2,16,18)(H2,17,19). The van der Waals surface area contributed by atoms with Crippen molar-refractivity contribution in [2.75, 3.05) is 0 Å². The minimum absolute atomic E-state index is 0.141. The number of carbonyl (C=O) groups is 2. The Morgan fingerprint density at radius 2 is 1.42 bits per heavy atom. The fourth-order valence-electron chi connectivity index (χ4n) is 2.48. The van der Waals surface area contributed by atoms with Crippen molar-refractivity contribution in [2.24, 2.45) is 11.5 Å². The Morgan fingerprint density at radius 3 is 1.89 bits per heavy atom. The second-order valence-corrected chi connectivity index (χ2v) is 4.74. The van der Waals surface area contributed by atoms with Gasteiger partial charge in [-0.15, -0.1) is 0 Å². The summed E-state index contributed by atoms with van der Waals surface area (Å²) in [5, 5.41) is 2.98. The molecule has 0 aromatic heterocycles. The molecule has 0 heterocycles. The van der Waals surface area contributed by atoms with Gasteiger partial charge in [-0.2, -0.15) is 0 Å². The van der Waals surface area contributed by atoms with Crippen molar-refractivity contribution < 1.29 is 9.59 Å². The van der Waals surface area contributed by atoms with Gasteiger partial charge in [0.2, 0.25) is 5.91 Å². The highest BCUT2D eigenvalue weighted by Gasteiger charge is 2.20. The van der Waals surface area contributed by atoms with Crippen LogP contribution in [-0.4, -0.2) is 11.8 Å². The Morgan fingerprint density at radius 1 is 0.895 bits per heavy atom. The summed E-state index contributed by atoms with van der Waals surface area (Å²) in [6.45, 7) is 0. The third-order valence-corrected chi connectivity index (χ3v) is 3.55. The summed E-state index contributed by atoms with van der Waals surface area (Å²) in [7, 11) is 0. The molecule has 94 valence electrons. The van der Waals surface area contributed by atoms with E-state index >= 15 is 0 Å². The molecule has 4 nitrogen and oxygen atoms in total. The molecule has 0 fully saturated rings. The molecule has 0 aliphatic carbocycles. The number of rotatable bonds is 2. The third-order valence-electron chi connectivity index (χ3n) is 3.25. The van der Waals surface area contributed by atoms with E-state index in [2.05, 4.69) is 0 Å². The second-order valence-electron chi connectivity index (χ2n) is 4.34. The molecule has 0 aliphatic rings. The van der Waals surface area contributed by atoms with Gasteiger partial charge in [0.05, 0.1) is 10.6 Å². The monoisotopic (exact) mass is 272 g/mol. The fourth-order valence-corrected chi connectivity index (χ4v) is 2.77. The van der Waals surface area contributed by atoms with Gasteiger partial charge in [-0.05, 0) is 16.8 Å². The van der Waals surface area contributed by atoms with Crippen LogP contribution in [0.3, 0.4) is 0 Å². The van der Waals surface area contributed by atoms with Gasteiger partial charge in [-0.25, -0.2) is 0 Å². The zero-order chi connectivity index (χ0) is 13.7. The molecular formula is C14H9ClN2O2. The van der Waals surface area contributed by atoms with Gasteiger partial charge >= 0.3 is 0 Å². The van der Waals surface area contributed by atoms with E-state index < -0.39 is 11.8 Å². The van der Waals surface area contributed by atoms with Gasteiger partial charge in [-0.1, -0.05) is 35.9 Å². The SMILES string of the molecule is NC(=O)c1cc(Cl)c(C(N)=O)c2c3ccc(cc3)c12. The van der Waals surface area contributed by atoms with Gasteiger partial charge in [0.1, 0.15) is 0 Å². The number of halogens is 1. The number of hydrogen-bond acceptors (Lipinski definition) is 2. The predicted octanol–water partition coefficient (Wildman–Crippen LogP) is 2.28. The molecule has 5 heteroatoms. The van der Waals surface area contributed by atoms with Crippen LogP contribution in [0.1, 0.15) is 20.7 Å². The van der Waals surface area contributed by atoms with Gasteiger partial charge in [0, 0.05) is 16.3 Å². The van der Waals surface area contributed by atoms with Crippen molar-refractivity contribution in [1.29, 1.82) is 0 Å². The van der Waals surface area contributed by atoms with Crippen molar-refractivity contribution in [1.82, 2.24) is 0 Å². The molecule has 4 aromatic rings. The van der Waals surface area contributed by atoms with E-state index in [4.69, 9.17) is 23.1 Å². The number of benzene rings is 4. The Hall–Kier alpha value is -2.33. The van der Waals surface area contributed by atoms with E-state index in [9.17, 15) is 9.59 Å². The van der Waals surface area contributed by atoms with Crippen LogP contribution in [-0.2, 0) is 0 Å². The average molecular weight is 273 g/mol. The van der Waals surface area contributed by atoms with Gasteiger partial charge < -0.3 is 11.5 Å². The Kier molecular flexibility index (Phi) is 2.37. The van der Waals surface area contributed by atoms with Crippen LogP contribution in [0, 0.1) is 0 Å². The molecule has 19 heavy (non-hydrogen) atoms. The number of fused-ring (bicyclic) bond motifs is 2. The summed E-state index contributed by atoms with van der Waals surface area (Å²) >= 11 is 6.06. The molecule has 4 rings (SSSR count). The number of nitrogens with two attached hydrogens (primary N) is 2. The summed E-state index contributed by atoms with van der Waals surface area (Å²) in [5.41, 5.74) is 11.3. The van der Waals surface area contributed by atoms with Crippen molar-refractivity contribution >= 4 is 45.0 Å². The molecule has 0 atom stereocenters. The van der Waals surface area contributed by atoms with E-state index in [1.807, 2.05) is 24.3 Å². The van der Waals surface area contributed by atoms with Crippen LogP contribution >= 0.6 is 11.6 Å². The van der Waals surface area contributed by atoms with Gasteiger partial charge in [-0.3, -0.25) is 9.59 Å². The first-order valence-corrected chi connectivity index (χ1v) is 5.95. The van der Waals surface area contributed by atoms with Crippen LogP contribution in [0.2, 0.25) is 5.02 Å². The Bertz CT molecular complexity index is 822. The van der Waals surface area contributed by atoms with Crippen LogP contribution in [0.15, 0.2) is 30.3 Å². The molecule has 4 N–H and O–H groups in total. The third kappa shape index (κ3) is 1.54. The number of primary amides is 2. The molecule has 0 saturated heterocycles. The van der Waals surface area contributed by atoms with E-state index in [1.54, 1.807) is 0 Å². The van der Waals surface area contributed by atoms with Crippen LogP contribution in [0.5, 0.6) is 0 Å². The number of amides is 2. The zero-order valence-corrected chi connectivity index (χ0v) is 10.5. The van der Waals surface area contributed by atoms with E-state index in [0.717, 1.165) is 10.8 Å². The smallest absolute Gasteiger partial charge is 0.250 e. The lowest BCUT2D eigenvalue weighted by atomic mass is 9.91. The largest absolute Gasteiger partial charge is 0.366 e. The van der Waals surface area contributed by atoms with E-state index in [1.165, 1.54) is 6.07 Å².